The van der Waals surface area contributed by atoms with Crippen LogP contribution in [0.1, 0.15) is 5.69 Å². The summed E-state index contributed by atoms with van der Waals surface area (Å²) in [6.45, 7) is -0.141. The van der Waals surface area contributed by atoms with Crippen LogP contribution in [-0.2, 0) is 4.79 Å². The van der Waals surface area contributed by atoms with E-state index in [9.17, 15) is 4.79 Å². The molecule has 0 atom stereocenters. The minimum atomic E-state index is -1.01. The van der Waals surface area contributed by atoms with Gasteiger partial charge in [0, 0.05) is 0 Å². The van der Waals surface area contributed by atoms with Gasteiger partial charge in [0.2, 0.25) is 0 Å². The van der Waals surface area contributed by atoms with E-state index in [1.807, 2.05) is 6.07 Å². The second-order valence-electron chi connectivity index (χ2n) is 2.83. The molecule has 16 heavy (non-hydrogen) atoms. The van der Waals surface area contributed by atoms with E-state index in [4.69, 9.17) is 16.8 Å². The molecule has 0 radical (unpaired) electrons. The van der Waals surface area contributed by atoms with E-state index in [-0.39, 0.29) is 18.8 Å². The highest BCUT2D eigenvalue weighted by atomic mass is 16.4. The molecule has 0 aliphatic heterocycles. The molecule has 0 bridgehead atoms. The predicted molar refractivity (Wildman–Crippen MR) is 55.4 cm³/mol. The van der Waals surface area contributed by atoms with Gasteiger partial charge in [-0.1, -0.05) is 5.92 Å². The van der Waals surface area contributed by atoms with E-state index in [1.165, 1.54) is 17.3 Å². The van der Waals surface area contributed by atoms with E-state index in [1.54, 1.807) is 0 Å². The molecular weight excluding hydrogens is 208 g/mol. The first-order valence-corrected chi connectivity index (χ1v) is 4.29. The van der Waals surface area contributed by atoms with Crippen LogP contribution in [0.5, 0.6) is 0 Å². The maximum atomic E-state index is 10.6. The van der Waals surface area contributed by atoms with Crippen molar-refractivity contribution in [1.29, 1.82) is 5.26 Å². The van der Waals surface area contributed by atoms with Gasteiger partial charge >= 0.3 is 5.97 Å². The molecule has 0 saturated heterocycles. The lowest BCUT2D eigenvalue weighted by atomic mass is 10.4. The van der Waals surface area contributed by atoms with Crippen LogP contribution in [0, 0.1) is 23.7 Å². The van der Waals surface area contributed by atoms with E-state index in [0.717, 1.165) is 0 Å². The number of carboxylic acids is 1. The fraction of sp³-hybridized carbons (Fsp3) is 0.200. The maximum Gasteiger partial charge on any atom is 0.323 e. The standard InChI is InChI=1S/C10H8N4O2/c1-2-3-14(7-10(15)16)9-6-12-8(4-11)5-13-9/h1,5-6H,3,7H2,(H,15,16). The van der Waals surface area contributed by atoms with Crippen molar-refractivity contribution in [3.63, 3.8) is 0 Å². The number of nitriles is 1. The third-order valence-electron chi connectivity index (χ3n) is 1.69. The number of aliphatic carboxylic acids is 1. The van der Waals surface area contributed by atoms with Crippen molar-refractivity contribution in [2.45, 2.75) is 0 Å². The number of aromatic nitrogens is 2. The minimum Gasteiger partial charge on any atom is -0.480 e. The van der Waals surface area contributed by atoms with Gasteiger partial charge < -0.3 is 10.0 Å². The highest BCUT2D eigenvalue weighted by Crippen LogP contribution is 2.07. The maximum absolute atomic E-state index is 10.6. The summed E-state index contributed by atoms with van der Waals surface area (Å²) in [6.07, 6.45) is 7.70. The molecule has 1 N–H and O–H groups in total. The molecule has 1 aromatic rings. The zero-order valence-corrected chi connectivity index (χ0v) is 8.29. The minimum absolute atomic E-state index is 0.118. The highest BCUT2D eigenvalue weighted by molar-refractivity contribution is 5.73. The molecule has 0 unspecified atom stereocenters. The van der Waals surface area contributed by atoms with Crippen molar-refractivity contribution in [3.8, 4) is 18.4 Å². The van der Waals surface area contributed by atoms with Gasteiger partial charge in [0.05, 0.1) is 18.9 Å². The molecule has 0 aliphatic carbocycles. The molecule has 0 spiro atoms. The summed E-state index contributed by atoms with van der Waals surface area (Å²) in [5, 5.41) is 17.2. The molecule has 80 valence electrons. The van der Waals surface area contributed by atoms with Gasteiger partial charge in [-0.15, -0.1) is 6.42 Å². The van der Waals surface area contributed by atoms with Gasteiger partial charge in [0.15, 0.2) is 5.69 Å². The number of nitrogens with zero attached hydrogens (tertiary/aromatic N) is 4. The molecule has 0 saturated carbocycles. The zero-order valence-electron chi connectivity index (χ0n) is 8.29. The largest absolute Gasteiger partial charge is 0.480 e. The Bertz CT molecular complexity index is 455. The highest BCUT2D eigenvalue weighted by Gasteiger charge is 2.11. The first kappa shape index (κ1) is 11.5. The molecule has 1 heterocycles. The average Bonchev–Trinajstić information content (AvgIpc) is 2.28. The molecule has 1 rings (SSSR count). The topological polar surface area (TPSA) is 90.1 Å². The molecule has 0 fully saturated rings. The van der Waals surface area contributed by atoms with Gasteiger partial charge in [-0.05, 0) is 0 Å². The van der Waals surface area contributed by atoms with Crippen molar-refractivity contribution in [1.82, 2.24) is 9.97 Å². The Hall–Kier alpha value is -2.60. The average molecular weight is 216 g/mol. The molecule has 0 aromatic carbocycles. The Balaban J connectivity index is 2.89. The van der Waals surface area contributed by atoms with Gasteiger partial charge in [0.1, 0.15) is 18.4 Å². The summed E-state index contributed by atoms with van der Waals surface area (Å²) in [7, 11) is 0. The van der Waals surface area contributed by atoms with Crippen LogP contribution in [0.3, 0.4) is 0 Å². The monoisotopic (exact) mass is 216 g/mol. The van der Waals surface area contributed by atoms with Crippen molar-refractivity contribution >= 4 is 11.8 Å². The fourth-order valence-corrected chi connectivity index (χ4v) is 1.03. The number of anilines is 1. The van der Waals surface area contributed by atoms with Gasteiger partial charge in [-0.3, -0.25) is 4.79 Å². The van der Waals surface area contributed by atoms with Crippen LogP contribution in [0.15, 0.2) is 12.4 Å². The first-order valence-electron chi connectivity index (χ1n) is 4.29. The zero-order chi connectivity index (χ0) is 12.0. The smallest absolute Gasteiger partial charge is 0.323 e. The Kier molecular flexibility index (Phi) is 3.82. The fourth-order valence-electron chi connectivity index (χ4n) is 1.03. The number of terminal acetylenes is 1. The molecule has 6 heteroatoms. The van der Waals surface area contributed by atoms with Gasteiger partial charge in [0.25, 0.3) is 0 Å². The third kappa shape index (κ3) is 2.96. The van der Waals surface area contributed by atoms with Crippen LogP contribution in [0.25, 0.3) is 0 Å². The summed E-state index contributed by atoms with van der Waals surface area (Å²) in [5.74, 6) is 1.65. The van der Waals surface area contributed by atoms with Crippen LogP contribution >= 0.6 is 0 Å². The van der Waals surface area contributed by atoms with E-state index in [2.05, 4.69) is 15.9 Å². The molecule has 0 aliphatic rings. The van der Waals surface area contributed by atoms with Crippen LogP contribution in [-0.4, -0.2) is 34.1 Å². The second-order valence-corrected chi connectivity index (χ2v) is 2.83. The van der Waals surface area contributed by atoms with Crippen LogP contribution in [0.4, 0.5) is 5.82 Å². The van der Waals surface area contributed by atoms with E-state index < -0.39 is 5.97 Å². The van der Waals surface area contributed by atoms with Gasteiger partial charge in [-0.25, -0.2) is 9.97 Å². The summed E-state index contributed by atoms with van der Waals surface area (Å²) < 4.78 is 0. The quantitative estimate of drug-likeness (QED) is 0.705. The van der Waals surface area contributed by atoms with E-state index in [0.29, 0.717) is 5.82 Å². The number of hydrogen-bond acceptors (Lipinski definition) is 5. The second kappa shape index (κ2) is 5.32. The Labute approximate surface area is 92.2 Å². The Morgan fingerprint density at radius 3 is 2.75 bits per heavy atom. The number of carbonyl (C=O) groups is 1. The predicted octanol–water partition coefficient (Wildman–Crippen LogP) is -0.128. The van der Waals surface area contributed by atoms with E-state index >= 15 is 0 Å². The number of carboxylic acid groups (broad SMARTS) is 1. The molecular formula is C10H8N4O2. The third-order valence-corrected chi connectivity index (χ3v) is 1.69. The Morgan fingerprint density at radius 2 is 2.31 bits per heavy atom. The lowest BCUT2D eigenvalue weighted by molar-refractivity contribution is -0.135. The summed E-state index contributed by atoms with van der Waals surface area (Å²) in [6, 6.07) is 1.82. The first-order chi connectivity index (χ1) is 7.67. The molecule has 1 aromatic heterocycles. The van der Waals surface area contributed by atoms with Crippen molar-refractivity contribution in [2.75, 3.05) is 18.0 Å². The number of hydrogen-bond donors (Lipinski definition) is 1. The van der Waals surface area contributed by atoms with Crippen molar-refractivity contribution in [3.05, 3.63) is 18.1 Å². The lowest BCUT2D eigenvalue weighted by Crippen LogP contribution is -2.30. The SMILES string of the molecule is C#CCN(CC(=O)O)c1cnc(C#N)cn1. The summed E-state index contributed by atoms with van der Waals surface area (Å²) in [5.41, 5.74) is 0.166. The summed E-state index contributed by atoms with van der Waals surface area (Å²) in [4.78, 5) is 19.6. The number of rotatable bonds is 4. The molecule has 6 nitrogen and oxygen atoms in total. The van der Waals surface area contributed by atoms with Crippen LogP contribution < -0.4 is 4.90 Å². The van der Waals surface area contributed by atoms with Crippen LogP contribution in [0.2, 0.25) is 0 Å². The normalized spacial score (nSPS) is 8.88. The molecule has 0 amide bonds. The summed E-state index contributed by atoms with van der Waals surface area (Å²) >= 11 is 0. The lowest BCUT2D eigenvalue weighted by Gasteiger charge is -2.17. The Morgan fingerprint density at radius 1 is 1.56 bits per heavy atom. The van der Waals surface area contributed by atoms with Gasteiger partial charge in [-0.2, -0.15) is 5.26 Å². The van der Waals surface area contributed by atoms with Crippen molar-refractivity contribution in [2.24, 2.45) is 0 Å². The van der Waals surface area contributed by atoms with Crippen molar-refractivity contribution < 1.29 is 9.90 Å².